The minimum atomic E-state index is 0. The van der Waals surface area contributed by atoms with Gasteiger partial charge in [0.1, 0.15) is 5.75 Å². The van der Waals surface area contributed by atoms with Crippen molar-refractivity contribution in [2.45, 2.75) is 52.4 Å². The third kappa shape index (κ3) is 4.87. The maximum atomic E-state index is 10.2. The summed E-state index contributed by atoms with van der Waals surface area (Å²) in [7, 11) is 0. The zero-order chi connectivity index (χ0) is 15.1. The van der Waals surface area contributed by atoms with Crippen LogP contribution in [0, 0.1) is 0 Å². The number of benzene rings is 2. The molecule has 0 aliphatic heterocycles. The van der Waals surface area contributed by atoms with Crippen molar-refractivity contribution in [3.05, 3.63) is 53.6 Å². The van der Waals surface area contributed by atoms with Crippen LogP contribution in [0.15, 0.2) is 42.5 Å². The van der Waals surface area contributed by atoms with E-state index in [1.165, 1.54) is 42.4 Å². The second kappa shape index (κ2) is 10.1. The summed E-state index contributed by atoms with van der Waals surface area (Å²) in [6.07, 6.45) is 7.07. The molecule has 0 spiro atoms. The molecule has 2 aromatic rings. The van der Waals surface area contributed by atoms with E-state index in [1.807, 2.05) is 18.2 Å². The Morgan fingerprint density at radius 3 is 2.09 bits per heavy atom. The van der Waals surface area contributed by atoms with Crippen LogP contribution in [0.25, 0.3) is 11.1 Å². The Morgan fingerprint density at radius 1 is 0.773 bits per heavy atom. The fraction of sp³-hybridized carbons (Fsp3) is 0.400. The molecule has 1 nitrogen and oxygen atoms in total. The fourth-order valence-electron chi connectivity index (χ4n) is 2.84. The zero-order valence-corrected chi connectivity index (χ0v) is 13.2. The molecule has 0 unspecified atom stereocenters. The Labute approximate surface area is 157 Å². The number of aryl methyl sites for hydroxylation is 1. The first kappa shape index (κ1) is 19.3. The van der Waals surface area contributed by atoms with Crippen LogP contribution in [0.2, 0.25) is 0 Å². The van der Waals surface area contributed by atoms with Crippen LogP contribution >= 0.6 is 0 Å². The van der Waals surface area contributed by atoms with E-state index in [4.69, 9.17) is 0 Å². The van der Waals surface area contributed by atoms with E-state index in [-0.39, 0.29) is 29.6 Å². The predicted octanol–water partition coefficient (Wildman–Crippen LogP) is 5.10. The molecule has 0 aliphatic rings. The van der Waals surface area contributed by atoms with Gasteiger partial charge in [-0.15, -0.1) is 0 Å². The van der Waals surface area contributed by atoms with Gasteiger partial charge in [0.05, 0.1) is 0 Å². The summed E-state index contributed by atoms with van der Waals surface area (Å²) in [5.41, 5.74) is 5.04. The van der Waals surface area contributed by atoms with E-state index < -0.39 is 0 Å². The zero-order valence-electron chi connectivity index (χ0n) is 13.2. The fourth-order valence-corrected chi connectivity index (χ4v) is 2.84. The van der Waals surface area contributed by atoms with Crippen LogP contribution in [0.1, 0.15) is 50.7 Å². The molecule has 2 rings (SSSR count). The Morgan fingerprint density at radius 2 is 1.41 bits per heavy atom. The predicted molar refractivity (Wildman–Crippen MR) is 97.9 cm³/mol. The molecule has 0 fully saturated rings. The molecule has 2 aromatic carbocycles. The Hall–Kier alpha value is -0.760. The molecule has 0 aliphatic carbocycles. The quantitative estimate of drug-likeness (QED) is 0.706. The van der Waals surface area contributed by atoms with Crippen molar-refractivity contribution in [1.29, 1.82) is 0 Å². The summed E-state index contributed by atoms with van der Waals surface area (Å²) in [5, 5.41) is 10.2. The molecule has 22 heavy (non-hydrogen) atoms. The first-order valence-electron chi connectivity index (χ1n) is 8.17. The summed E-state index contributed by atoms with van der Waals surface area (Å²) in [6.45, 7) is 4.47. The van der Waals surface area contributed by atoms with Gasteiger partial charge in [-0.1, -0.05) is 63.1 Å². The molecular formula is C20H27NaO. The van der Waals surface area contributed by atoms with E-state index in [9.17, 15) is 5.11 Å². The second-order valence-corrected chi connectivity index (χ2v) is 5.67. The van der Waals surface area contributed by atoms with E-state index in [0.29, 0.717) is 5.75 Å². The molecule has 0 atom stereocenters. The van der Waals surface area contributed by atoms with Gasteiger partial charge in [-0.3, -0.25) is 0 Å². The Kier molecular flexibility index (Phi) is 8.85. The number of hydrogen-bond acceptors (Lipinski definition) is 1. The molecule has 2 heteroatoms. The number of unbranched alkanes of at least 4 members (excludes halogenated alkanes) is 2. The molecule has 0 bridgehead atoms. The topological polar surface area (TPSA) is 20.2 Å². The minimum absolute atomic E-state index is 0. The van der Waals surface area contributed by atoms with Crippen molar-refractivity contribution < 1.29 is 5.11 Å². The summed E-state index contributed by atoms with van der Waals surface area (Å²) >= 11 is 0. The van der Waals surface area contributed by atoms with Crippen molar-refractivity contribution in [1.82, 2.24) is 0 Å². The molecule has 0 amide bonds. The molecule has 0 aromatic heterocycles. The maximum absolute atomic E-state index is 10.2. The molecule has 0 heterocycles. The van der Waals surface area contributed by atoms with Gasteiger partial charge >= 0.3 is 29.6 Å². The number of phenolic OH excluding ortho intramolecular Hbond substituents is 1. The van der Waals surface area contributed by atoms with E-state index >= 15 is 0 Å². The second-order valence-electron chi connectivity index (χ2n) is 5.67. The number of aromatic hydroxyl groups is 1. The summed E-state index contributed by atoms with van der Waals surface area (Å²) in [6, 6.07) is 14.2. The SMILES string of the molecule is CCCCc1cccc(-c2ccccc2O)c1CCCC.[NaH]. The van der Waals surface area contributed by atoms with Crippen LogP contribution in [0.5, 0.6) is 5.75 Å². The normalized spacial score (nSPS) is 10.3. The summed E-state index contributed by atoms with van der Waals surface area (Å²) in [4.78, 5) is 0. The van der Waals surface area contributed by atoms with Crippen LogP contribution in [-0.4, -0.2) is 34.7 Å². The van der Waals surface area contributed by atoms with Gasteiger partial charge in [-0.25, -0.2) is 0 Å². The average Bonchev–Trinajstić information content (AvgIpc) is 2.51. The van der Waals surface area contributed by atoms with Crippen LogP contribution in [-0.2, 0) is 12.8 Å². The van der Waals surface area contributed by atoms with Gasteiger partial charge in [-0.2, -0.15) is 0 Å². The van der Waals surface area contributed by atoms with Crippen molar-refractivity contribution >= 4 is 29.6 Å². The van der Waals surface area contributed by atoms with Crippen molar-refractivity contribution in [3.8, 4) is 16.9 Å². The molecule has 1 N–H and O–H groups in total. The molecule has 0 saturated carbocycles. The molecular weight excluding hydrogens is 279 g/mol. The van der Waals surface area contributed by atoms with Crippen LogP contribution in [0.4, 0.5) is 0 Å². The monoisotopic (exact) mass is 306 g/mol. The summed E-state index contributed by atoms with van der Waals surface area (Å²) in [5.74, 6) is 0.378. The van der Waals surface area contributed by atoms with Crippen molar-refractivity contribution in [3.63, 3.8) is 0 Å². The summed E-state index contributed by atoms with van der Waals surface area (Å²) < 4.78 is 0. The van der Waals surface area contributed by atoms with Gasteiger partial charge in [0.25, 0.3) is 0 Å². The number of phenols is 1. The Balaban J connectivity index is 0.00000242. The number of para-hydroxylation sites is 1. The van der Waals surface area contributed by atoms with Gasteiger partial charge in [0.2, 0.25) is 0 Å². The number of hydrogen-bond donors (Lipinski definition) is 1. The van der Waals surface area contributed by atoms with Crippen molar-refractivity contribution in [2.24, 2.45) is 0 Å². The first-order chi connectivity index (χ1) is 10.3. The van der Waals surface area contributed by atoms with E-state index in [2.05, 4.69) is 32.0 Å². The van der Waals surface area contributed by atoms with Crippen molar-refractivity contribution in [2.75, 3.05) is 0 Å². The third-order valence-electron chi connectivity index (χ3n) is 4.05. The molecule has 114 valence electrons. The molecule has 0 saturated heterocycles. The number of rotatable bonds is 7. The average molecular weight is 306 g/mol. The Bertz CT molecular complexity index is 578. The van der Waals surface area contributed by atoms with Gasteiger partial charge in [0, 0.05) is 5.56 Å². The van der Waals surface area contributed by atoms with Gasteiger partial charge < -0.3 is 5.11 Å². The van der Waals surface area contributed by atoms with Crippen LogP contribution in [0.3, 0.4) is 0 Å². The van der Waals surface area contributed by atoms with Gasteiger partial charge in [0.15, 0.2) is 0 Å². The standard InChI is InChI=1S/C20H26O.Na.H/c1-3-5-10-16-11-9-14-18(17(16)12-6-4-2)19-13-7-8-15-20(19)21;;/h7-9,11,13-15,21H,3-6,10,12H2,1-2H3;;. The van der Waals surface area contributed by atoms with Crippen LogP contribution < -0.4 is 0 Å². The third-order valence-corrected chi connectivity index (χ3v) is 4.05. The van der Waals surface area contributed by atoms with E-state index in [0.717, 1.165) is 18.4 Å². The van der Waals surface area contributed by atoms with Gasteiger partial charge in [-0.05, 0) is 48.4 Å². The molecule has 0 radical (unpaired) electrons. The van der Waals surface area contributed by atoms with E-state index in [1.54, 1.807) is 6.07 Å². The first-order valence-corrected chi connectivity index (χ1v) is 8.17.